The number of nitrogens with one attached hydrogen (secondary N) is 1. The van der Waals surface area contributed by atoms with Crippen LogP contribution in [0.25, 0.3) is 0 Å². The van der Waals surface area contributed by atoms with Crippen LogP contribution in [0.1, 0.15) is 37.1 Å². The van der Waals surface area contributed by atoms with Gasteiger partial charge in [-0.15, -0.1) is 11.3 Å². The minimum absolute atomic E-state index is 0.139. The van der Waals surface area contributed by atoms with Crippen molar-refractivity contribution in [2.24, 2.45) is 0 Å². The Bertz CT molecular complexity index is 586. The Morgan fingerprint density at radius 3 is 2.48 bits per heavy atom. The van der Waals surface area contributed by atoms with Gasteiger partial charge in [-0.3, -0.25) is 0 Å². The molecule has 2 rings (SSSR count). The lowest BCUT2D eigenvalue weighted by Crippen LogP contribution is -2.39. The number of hydrogen-bond acceptors (Lipinski definition) is 2. The Morgan fingerprint density at radius 2 is 1.90 bits per heavy atom. The van der Waals surface area contributed by atoms with E-state index in [-0.39, 0.29) is 5.54 Å². The first kappa shape index (κ1) is 17.2. The highest BCUT2D eigenvalue weighted by molar-refractivity contribution is 9.10. The lowest BCUT2D eigenvalue weighted by atomic mass is 9.94. The molecule has 1 aromatic carbocycles. The highest BCUT2D eigenvalue weighted by Crippen LogP contribution is 2.28. The molecular weight excluding hydrogens is 410 g/mol. The van der Waals surface area contributed by atoms with E-state index in [1.54, 1.807) is 0 Å². The number of rotatable bonds is 5. The van der Waals surface area contributed by atoms with Crippen LogP contribution in [0.4, 0.5) is 0 Å². The van der Waals surface area contributed by atoms with Crippen LogP contribution in [0.5, 0.6) is 0 Å². The normalized spacial score (nSPS) is 13.4. The summed E-state index contributed by atoms with van der Waals surface area (Å²) in [5.74, 6) is 0.479. The summed E-state index contributed by atoms with van der Waals surface area (Å²) in [7, 11) is 0. The second-order valence-corrected chi connectivity index (χ2v) is 9.15. The van der Waals surface area contributed by atoms with Gasteiger partial charge in [-0.2, -0.15) is 0 Å². The van der Waals surface area contributed by atoms with Crippen LogP contribution in [0, 0.1) is 0 Å². The third-order valence-electron chi connectivity index (χ3n) is 3.27. The van der Waals surface area contributed by atoms with Gasteiger partial charge in [0.05, 0.1) is 0 Å². The molecule has 1 aromatic heterocycles. The Hall–Kier alpha value is -0.160. The lowest BCUT2D eigenvalue weighted by molar-refractivity contribution is 0.405. The molecule has 0 fully saturated rings. The van der Waals surface area contributed by atoms with Crippen molar-refractivity contribution in [2.45, 2.75) is 38.6 Å². The molecule has 0 bridgehead atoms. The second kappa shape index (κ2) is 7.40. The molecule has 114 valence electrons. The highest BCUT2D eigenvalue weighted by atomic mass is 79.9. The molecule has 0 aliphatic carbocycles. The molecule has 0 aliphatic heterocycles. The molecule has 1 nitrogen and oxygen atoms in total. The third kappa shape index (κ3) is 5.85. The van der Waals surface area contributed by atoms with Gasteiger partial charge in [-0.1, -0.05) is 28.1 Å². The van der Waals surface area contributed by atoms with E-state index in [9.17, 15) is 0 Å². The van der Waals surface area contributed by atoms with E-state index in [0.717, 1.165) is 17.4 Å². The Labute approximate surface area is 148 Å². The van der Waals surface area contributed by atoms with E-state index in [4.69, 9.17) is 0 Å². The van der Waals surface area contributed by atoms with Crippen LogP contribution in [0.2, 0.25) is 0 Å². The van der Waals surface area contributed by atoms with E-state index < -0.39 is 0 Å². The van der Waals surface area contributed by atoms with Crippen LogP contribution in [0.15, 0.2) is 44.7 Å². The zero-order chi connectivity index (χ0) is 15.5. The van der Waals surface area contributed by atoms with Gasteiger partial charge >= 0.3 is 0 Å². The molecule has 1 atom stereocenters. The standard InChI is InChI=1S/C17H21Br2NS/c1-17(2,3)20-10-13(8-16-9-15(19)11-21-16)12-5-4-6-14(18)7-12/h4-7,9,11,13,20H,8,10H2,1-3H3. The fourth-order valence-electron chi connectivity index (χ4n) is 2.20. The van der Waals surface area contributed by atoms with Gasteiger partial charge in [0.1, 0.15) is 0 Å². The van der Waals surface area contributed by atoms with Crippen molar-refractivity contribution >= 4 is 43.2 Å². The smallest absolute Gasteiger partial charge is 0.0285 e. The van der Waals surface area contributed by atoms with Crippen LogP contribution < -0.4 is 5.32 Å². The van der Waals surface area contributed by atoms with Crippen molar-refractivity contribution in [3.05, 3.63) is 55.1 Å². The largest absolute Gasteiger partial charge is 0.311 e. The summed E-state index contributed by atoms with van der Waals surface area (Å²) in [6.07, 6.45) is 1.07. The maximum absolute atomic E-state index is 3.64. The summed E-state index contributed by atoms with van der Waals surface area (Å²) in [4.78, 5) is 1.42. The molecule has 0 saturated heterocycles. The van der Waals surface area contributed by atoms with Gasteiger partial charge in [0.25, 0.3) is 0 Å². The van der Waals surface area contributed by atoms with E-state index in [2.05, 4.69) is 93.7 Å². The summed E-state index contributed by atoms with van der Waals surface area (Å²) < 4.78 is 2.33. The first-order valence-corrected chi connectivity index (χ1v) is 9.53. The highest BCUT2D eigenvalue weighted by Gasteiger charge is 2.17. The molecule has 1 unspecified atom stereocenters. The predicted molar refractivity (Wildman–Crippen MR) is 100 cm³/mol. The first-order valence-electron chi connectivity index (χ1n) is 7.07. The molecule has 21 heavy (non-hydrogen) atoms. The molecule has 0 aliphatic rings. The number of benzene rings is 1. The average Bonchev–Trinajstić information content (AvgIpc) is 2.79. The van der Waals surface area contributed by atoms with E-state index in [1.165, 1.54) is 14.9 Å². The summed E-state index contributed by atoms with van der Waals surface area (Å²) in [5, 5.41) is 5.80. The zero-order valence-corrected chi connectivity index (χ0v) is 16.6. The molecule has 4 heteroatoms. The minimum atomic E-state index is 0.139. The summed E-state index contributed by atoms with van der Waals surface area (Å²) in [5.41, 5.74) is 1.52. The molecular formula is C17H21Br2NS. The Balaban J connectivity index is 2.17. The maximum Gasteiger partial charge on any atom is 0.0285 e. The molecule has 0 saturated carbocycles. The van der Waals surface area contributed by atoms with Crippen LogP contribution in [-0.4, -0.2) is 12.1 Å². The van der Waals surface area contributed by atoms with Gasteiger partial charge in [0.2, 0.25) is 0 Å². The second-order valence-electron chi connectivity index (χ2n) is 6.32. The monoisotopic (exact) mass is 429 g/mol. The van der Waals surface area contributed by atoms with Gasteiger partial charge in [-0.05, 0) is 66.9 Å². The number of halogens is 2. The molecule has 1 heterocycles. The Kier molecular flexibility index (Phi) is 6.06. The van der Waals surface area contributed by atoms with Crippen LogP contribution in [0.3, 0.4) is 0 Å². The fraction of sp³-hybridized carbons (Fsp3) is 0.412. The van der Waals surface area contributed by atoms with Crippen LogP contribution in [-0.2, 0) is 6.42 Å². The zero-order valence-electron chi connectivity index (χ0n) is 12.6. The van der Waals surface area contributed by atoms with Crippen molar-refractivity contribution in [1.82, 2.24) is 5.32 Å². The fourth-order valence-corrected chi connectivity index (χ4v) is 4.15. The van der Waals surface area contributed by atoms with Crippen molar-refractivity contribution < 1.29 is 0 Å². The van der Waals surface area contributed by atoms with Gasteiger partial charge < -0.3 is 5.32 Å². The minimum Gasteiger partial charge on any atom is -0.311 e. The van der Waals surface area contributed by atoms with E-state index in [1.807, 2.05) is 11.3 Å². The van der Waals surface area contributed by atoms with E-state index >= 15 is 0 Å². The maximum atomic E-state index is 3.64. The van der Waals surface area contributed by atoms with Crippen LogP contribution >= 0.6 is 43.2 Å². The molecule has 0 radical (unpaired) electrons. The molecule has 0 spiro atoms. The summed E-state index contributed by atoms with van der Waals surface area (Å²) >= 11 is 8.96. The van der Waals surface area contributed by atoms with Gasteiger partial charge in [0, 0.05) is 37.2 Å². The Morgan fingerprint density at radius 1 is 1.14 bits per heavy atom. The predicted octanol–water partition coefficient (Wildman–Crippen LogP) is 5.99. The SMILES string of the molecule is CC(C)(C)NCC(Cc1cc(Br)cs1)c1cccc(Br)c1. The molecule has 1 N–H and O–H groups in total. The van der Waals surface area contributed by atoms with Gasteiger partial charge in [-0.25, -0.2) is 0 Å². The molecule has 2 aromatic rings. The van der Waals surface area contributed by atoms with E-state index in [0.29, 0.717) is 5.92 Å². The first-order chi connectivity index (χ1) is 9.83. The average molecular weight is 431 g/mol. The van der Waals surface area contributed by atoms with Crippen molar-refractivity contribution in [2.75, 3.05) is 6.54 Å². The third-order valence-corrected chi connectivity index (χ3v) is 5.48. The summed E-state index contributed by atoms with van der Waals surface area (Å²) in [6.45, 7) is 7.63. The molecule has 0 amide bonds. The summed E-state index contributed by atoms with van der Waals surface area (Å²) in [6, 6.07) is 10.9. The quantitative estimate of drug-likeness (QED) is 0.614. The van der Waals surface area contributed by atoms with Crippen molar-refractivity contribution in [3.8, 4) is 0 Å². The number of thiophene rings is 1. The van der Waals surface area contributed by atoms with Crippen molar-refractivity contribution in [3.63, 3.8) is 0 Å². The van der Waals surface area contributed by atoms with Gasteiger partial charge in [0.15, 0.2) is 0 Å². The van der Waals surface area contributed by atoms with Crippen molar-refractivity contribution in [1.29, 1.82) is 0 Å². The topological polar surface area (TPSA) is 12.0 Å². The number of hydrogen-bond donors (Lipinski definition) is 1. The lowest BCUT2D eigenvalue weighted by Gasteiger charge is -2.25.